The summed E-state index contributed by atoms with van der Waals surface area (Å²) in [6.45, 7) is 0. The lowest BCUT2D eigenvalue weighted by molar-refractivity contribution is -0.137. The van der Waals surface area contributed by atoms with Crippen LogP contribution >= 0.6 is 11.6 Å². The highest BCUT2D eigenvalue weighted by Gasteiger charge is 2.30. The number of amides is 2. The maximum Gasteiger partial charge on any atom is 0.416 e. The molecule has 2 amide bonds. The Bertz CT molecular complexity index is 616. The van der Waals surface area contributed by atoms with Gasteiger partial charge in [0.2, 0.25) is 11.8 Å². The molecule has 2 rings (SSSR count). The summed E-state index contributed by atoms with van der Waals surface area (Å²) in [7, 11) is 0. The number of alkyl halides is 4. The van der Waals surface area contributed by atoms with Crippen molar-refractivity contribution in [3.63, 3.8) is 0 Å². The van der Waals surface area contributed by atoms with Crippen molar-refractivity contribution in [2.75, 3.05) is 5.32 Å². The predicted octanol–water partition coefficient (Wildman–Crippen LogP) is 4.09. The molecule has 0 heterocycles. The second-order valence-corrected chi connectivity index (χ2v) is 6.67. The number of carbonyl (C=O) groups excluding carboxylic acids is 2. The molecule has 8 heteroatoms. The van der Waals surface area contributed by atoms with Gasteiger partial charge in [0.05, 0.1) is 12.0 Å². The van der Waals surface area contributed by atoms with E-state index in [4.69, 9.17) is 11.6 Å². The maximum absolute atomic E-state index is 12.7. The third-order valence-electron chi connectivity index (χ3n) is 4.07. The smallest absolute Gasteiger partial charge is 0.352 e. The lowest BCUT2D eigenvalue weighted by Gasteiger charge is -2.23. The molecule has 2 N–H and O–H groups in total. The van der Waals surface area contributed by atoms with E-state index in [0.717, 1.165) is 44.2 Å². The summed E-state index contributed by atoms with van der Waals surface area (Å²) in [6, 6.07) is 4.38. The highest BCUT2D eigenvalue weighted by Crippen LogP contribution is 2.30. The summed E-state index contributed by atoms with van der Waals surface area (Å²) in [5.74, 6) is -1.04. The first-order valence-corrected chi connectivity index (χ1v) is 8.61. The quantitative estimate of drug-likeness (QED) is 0.760. The molecule has 1 aromatic carbocycles. The number of anilines is 1. The minimum atomic E-state index is -4.49. The standard InChI is InChI=1S/C17H20ClF3N2O2/c18-14(16(25)23-12-6-2-1-3-7-12)10-15(24)22-13-8-4-5-11(9-13)17(19,20)21/h4-5,8-9,12,14H,1-3,6-7,10H2,(H,22,24)(H,23,25). The molecular formula is C17H20ClF3N2O2. The number of carbonyl (C=O) groups is 2. The van der Waals surface area contributed by atoms with Gasteiger partial charge in [-0.25, -0.2) is 0 Å². The van der Waals surface area contributed by atoms with E-state index in [2.05, 4.69) is 10.6 Å². The fourth-order valence-electron chi connectivity index (χ4n) is 2.78. The zero-order chi connectivity index (χ0) is 18.4. The molecule has 0 saturated heterocycles. The average Bonchev–Trinajstić information content (AvgIpc) is 2.55. The van der Waals surface area contributed by atoms with Crippen LogP contribution in [0.2, 0.25) is 0 Å². The minimum absolute atomic E-state index is 0.0105. The van der Waals surface area contributed by atoms with Crippen LogP contribution in [-0.2, 0) is 15.8 Å². The number of hydrogen-bond acceptors (Lipinski definition) is 2. The molecule has 1 aliphatic rings. The van der Waals surface area contributed by atoms with Gasteiger partial charge in [-0.3, -0.25) is 9.59 Å². The Labute approximate surface area is 149 Å². The number of nitrogens with one attached hydrogen (secondary N) is 2. The van der Waals surface area contributed by atoms with Crippen LogP contribution in [-0.4, -0.2) is 23.2 Å². The van der Waals surface area contributed by atoms with Gasteiger partial charge in [0.25, 0.3) is 0 Å². The third-order valence-corrected chi connectivity index (χ3v) is 4.43. The van der Waals surface area contributed by atoms with Gasteiger partial charge in [-0.2, -0.15) is 13.2 Å². The topological polar surface area (TPSA) is 58.2 Å². The van der Waals surface area contributed by atoms with Crippen LogP contribution in [0.15, 0.2) is 24.3 Å². The van der Waals surface area contributed by atoms with Crippen molar-refractivity contribution >= 4 is 29.1 Å². The lowest BCUT2D eigenvalue weighted by atomic mass is 9.95. The molecule has 138 valence electrons. The van der Waals surface area contributed by atoms with Gasteiger partial charge in [-0.1, -0.05) is 25.3 Å². The normalized spacial score (nSPS) is 17.0. The molecule has 4 nitrogen and oxygen atoms in total. The van der Waals surface area contributed by atoms with E-state index in [9.17, 15) is 22.8 Å². The predicted molar refractivity (Wildman–Crippen MR) is 89.3 cm³/mol. The molecule has 25 heavy (non-hydrogen) atoms. The Morgan fingerprint density at radius 2 is 1.88 bits per heavy atom. The van der Waals surface area contributed by atoms with Gasteiger partial charge < -0.3 is 10.6 Å². The Kier molecular flexibility index (Phi) is 6.70. The van der Waals surface area contributed by atoms with Gasteiger partial charge in [-0.05, 0) is 31.0 Å². The summed E-state index contributed by atoms with van der Waals surface area (Å²) >= 11 is 5.96. The van der Waals surface area contributed by atoms with Crippen LogP contribution in [0.25, 0.3) is 0 Å². The molecule has 0 spiro atoms. The molecule has 0 bridgehead atoms. The summed E-state index contributed by atoms with van der Waals surface area (Å²) in [4.78, 5) is 23.9. The Morgan fingerprint density at radius 1 is 1.20 bits per heavy atom. The van der Waals surface area contributed by atoms with E-state index in [-0.39, 0.29) is 18.2 Å². The van der Waals surface area contributed by atoms with E-state index in [1.807, 2.05) is 0 Å². The summed E-state index contributed by atoms with van der Waals surface area (Å²) < 4.78 is 38.0. The second-order valence-electron chi connectivity index (χ2n) is 6.14. The van der Waals surface area contributed by atoms with E-state index in [1.54, 1.807) is 0 Å². The number of benzene rings is 1. The Morgan fingerprint density at radius 3 is 2.52 bits per heavy atom. The zero-order valence-electron chi connectivity index (χ0n) is 13.5. The van der Waals surface area contributed by atoms with Crippen LogP contribution < -0.4 is 10.6 Å². The molecule has 0 radical (unpaired) electrons. The molecule has 1 atom stereocenters. The average molecular weight is 377 g/mol. The maximum atomic E-state index is 12.7. The van der Waals surface area contributed by atoms with Gasteiger partial charge >= 0.3 is 6.18 Å². The molecular weight excluding hydrogens is 357 g/mol. The SMILES string of the molecule is O=C(CC(Cl)C(=O)NC1CCCCC1)Nc1cccc(C(F)(F)F)c1. The van der Waals surface area contributed by atoms with Gasteiger partial charge in [-0.15, -0.1) is 11.6 Å². The molecule has 1 saturated carbocycles. The second kappa shape index (κ2) is 8.56. The van der Waals surface area contributed by atoms with Crippen molar-refractivity contribution in [3.8, 4) is 0 Å². The van der Waals surface area contributed by atoms with Gasteiger partial charge in [0.1, 0.15) is 5.38 Å². The first-order valence-electron chi connectivity index (χ1n) is 8.17. The first-order chi connectivity index (χ1) is 11.8. The summed E-state index contributed by atoms with van der Waals surface area (Å²) in [5.41, 5.74) is -0.848. The molecule has 1 unspecified atom stereocenters. The summed E-state index contributed by atoms with van der Waals surface area (Å²) in [6.07, 6.45) is 0.238. The first kappa shape index (κ1) is 19.6. The van der Waals surface area contributed by atoms with E-state index >= 15 is 0 Å². The highest BCUT2D eigenvalue weighted by molar-refractivity contribution is 6.32. The van der Waals surface area contributed by atoms with Crippen molar-refractivity contribution < 1.29 is 22.8 Å². The van der Waals surface area contributed by atoms with Gasteiger partial charge in [0.15, 0.2) is 0 Å². The number of rotatable bonds is 5. The van der Waals surface area contributed by atoms with Crippen molar-refractivity contribution in [2.45, 2.75) is 56.1 Å². The fourth-order valence-corrected chi connectivity index (χ4v) is 2.98. The van der Waals surface area contributed by atoms with Crippen LogP contribution in [0.1, 0.15) is 44.1 Å². The van der Waals surface area contributed by atoms with Gasteiger partial charge in [0, 0.05) is 11.7 Å². The van der Waals surface area contributed by atoms with E-state index < -0.39 is 28.9 Å². The molecule has 0 aliphatic heterocycles. The Balaban J connectivity index is 1.85. The number of hydrogen-bond donors (Lipinski definition) is 2. The van der Waals surface area contributed by atoms with Crippen LogP contribution in [0.5, 0.6) is 0 Å². The van der Waals surface area contributed by atoms with E-state index in [1.165, 1.54) is 12.1 Å². The summed E-state index contributed by atoms with van der Waals surface area (Å²) in [5, 5.41) is 4.10. The molecule has 0 aromatic heterocycles. The van der Waals surface area contributed by atoms with Crippen LogP contribution in [0, 0.1) is 0 Å². The van der Waals surface area contributed by atoms with Crippen molar-refractivity contribution in [2.24, 2.45) is 0 Å². The highest BCUT2D eigenvalue weighted by atomic mass is 35.5. The Hall–Kier alpha value is -1.76. The largest absolute Gasteiger partial charge is 0.416 e. The number of halogens is 4. The van der Waals surface area contributed by atoms with Crippen molar-refractivity contribution in [3.05, 3.63) is 29.8 Å². The third kappa shape index (κ3) is 6.23. The van der Waals surface area contributed by atoms with Crippen molar-refractivity contribution in [1.29, 1.82) is 0 Å². The van der Waals surface area contributed by atoms with E-state index in [0.29, 0.717) is 0 Å². The molecule has 1 fully saturated rings. The lowest BCUT2D eigenvalue weighted by Crippen LogP contribution is -2.41. The van der Waals surface area contributed by atoms with Crippen LogP contribution in [0.3, 0.4) is 0 Å². The molecule has 1 aliphatic carbocycles. The fraction of sp³-hybridized carbons (Fsp3) is 0.529. The molecule has 1 aromatic rings. The van der Waals surface area contributed by atoms with Crippen LogP contribution in [0.4, 0.5) is 18.9 Å². The minimum Gasteiger partial charge on any atom is -0.352 e. The zero-order valence-corrected chi connectivity index (χ0v) is 14.3. The monoisotopic (exact) mass is 376 g/mol. The van der Waals surface area contributed by atoms with Crippen molar-refractivity contribution in [1.82, 2.24) is 5.32 Å².